The summed E-state index contributed by atoms with van der Waals surface area (Å²) < 4.78 is 0. The first kappa shape index (κ1) is 14.8. The standard InChI is InChI=1S/C15H18N2O2/c1-4-14(18)16-11-5-6-12-7-9-13(10-8-12)15(19)17(2)3/h7-10H,4,11H2,1-3H3,(H,16,18). The Kier molecular flexibility index (Phi) is 5.62. The lowest BCUT2D eigenvalue weighted by molar-refractivity contribution is -0.120. The van der Waals surface area contributed by atoms with Crippen molar-refractivity contribution in [3.8, 4) is 11.8 Å². The van der Waals surface area contributed by atoms with Crippen molar-refractivity contribution in [1.82, 2.24) is 10.2 Å². The van der Waals surface area contributed by atoms with Crippen LogP contribution in [0.15, 0.2) is 24.3 Å². The number of nitrogens with zero attached hydrogens (tertiary/aromatic N) is 1. The van der Waals surface area contributed by atoms with E-state index in [-0.39, 0.29) is 11.8 Å². The van der Waals surface area contributed by atoms with Gasteiger partial charge in [-0.2, -0.15) is 0 Å². The highest BCUT2D eigenvalue weighted by Gasteiger charge is 2.06. The number of benzene rings is 1. The molecule has 0 aromatic heterocycles. The van der Waals surface area contributed by atoms with Crippen LogP contribution in [0.25, 0.3) is 0 Å². The second-order valence-corrected chi connectivity index (χ2v) is 4.21. The maximum absolute atomic E-state index is 11.7. The zero-order valence-corrected chi connectivity index (χ0v) is 11.5. The van der Waals surface area contributed by atoms with E-state index < -0.39 is 0 Å². The first-order chi connectivity index (χ1) is 9.04. The highest BCUT2D eigenvalue weighted by Crippen LogP contribution is 2.05. The van der Waals surface area contributed by atoms with Gasteiger partial charge in [0.2, 0.25) is 5.91 Å². The smallest absolute Gasteiger partial charge is 0.253 e. The number of carbonyl (C=O) groups excluding carboxylic acids is 2. The normalized spacial score (nSPS) is 9.21. The molecule has 0 aliphatic rings. The second-order valence-electron chi connectivity index (χ2n) is 4.21. The largest absolute Gasteiger partial charge is 0.345 e. The van der Waals surface area contributed by atoms with Crippen molar-refractivity contribution in [1.29, 1.82) is 0 Å². The molecule has 100 valence electrons. The lowest BCUT2D eigenvalue weighted by Crippen LogP contribution is -2.22. The van der Waals surface area contributed by atoms with Gasteiger partial charge in [0.1, 0.15) is 0 Å². The number of hydrogen-bond donors (Lipinski definition) is 1. The first-order valence-corrected chi connectivity index (χ1v) is 6.12. The van der Waals surface area contributed by atoms with E-state index in [1.54, 1.807) is 45.3 Å². The Morgan fingerprint density at radius 1 is 1.21 bits per heavy atom. The SMILES string of the molecule is CCC(=O)NCC#Cc1ccc(C(=O)N(C)C)cc1. The summed E-state index contributed by atoms with van der Waals surface area (Å²) in [6.07, 6.45) is 0.461. The van der Waals surface area contributed by atoms with E-state index in [1.165, 1.54) is 4.90 Å². The molecular weight excluding hydrogens is 240 g/mol. The molecule has 0 aliphatic heterocycles. The van der Waals surface area contributed by atoms with Gasteiger partial charge in [0.15, 0.2) is 0 Å². The summed E-state index contributed by atoms with van der Waals surface area (Å²) in [5.74, 6) is 5.75. The number of hydrogen-bond acceptors (Lipinski definition) is 2. The van der Waals surface area contributed by atoms with E-state index in [4.69, 9.17) is 0 Å². The molecule has 0 radical (unpaired) electrons. The molecule has 0 saturated heterocycles. The zero-order chi connectivity index (χ0) is 14.3. The summed E-state index contributed by atoms with van der Waals surface area (Å²) in [6, 6.07) is 7.09. The van der Waals surface area contributed by atoms with Crippen molar-refractivity contribution in [3.05, 3.63) is 35.4 Å². The van der Waals surface area contributed by atoms with Crippen molar-refractivity contribution in [2.24, 2.45) is 0 Å². The Balaban J connectivity index is 2.60. The fraction of sp³-hybridized carbons (Fsp3) is 0.333. The van der Waals surface area contributed by atoms with Crippen molar-refractivity contribution in [3.63, 3.8) is 0 Å². The number of amides is 2. The van der Waals surface area contributed by atoms with Crippen LogP contribution in [0.4, 0.5) is 0 Å². The molecule has 2 amide bonds. The predicted molar refractivity (Wildman–Crippen MR) is 74.6 cm³/mol. The minimum atomic E-state index is -0.0327. The average molecular weight is 258 g/mol. The van der Waals surface area contributed by atoms with E-state index >= 15 is 0 Å². The van der Waals surface area contributed by atoms with Crippen molar-refractivity contribution < 1.29 is 9.59 Å². The fourth-order valence-corrected chi connectivity index (χ4v) is 1.37. The van der Waals surface area contributed by atoms with Crippen LogP contribution in [-0.4, -0.2) is 37.4 Å². The molecule has 1 aromatic rings. The summed E-state index contributed by atoms with van der Waals surface area (Å²) >= 11 is 0. The van der Waals surface area contributed by atoms with Gasteiger partial charge in [-0.3, -0.25) is 9.59 Å². The van der Waals surface area contributed by atoms with E-state index in [1.807, 2.05) is 0 Å². The van der Waals surface area contributed by atoms with Crippen molar-refractivity contribution in [2.75, 3.05) is 20.6 Å². The van der Waals surface area contributed by atoms with E-state index in [0.717, 1.165) is 5.56 Å². The molecule has 0 unspecified atom stereocenters. The van der Waals surface area contributed by atoms with Crippen LogP contribution < -0.4 is 5.32 Å². The van der Waals surface area contributed by atoms with Gasteiger partial charge >= 0.3 is 0 Å². The third-order valence-electron chi connectivity index (χ3n) is 2.47. The van der Waals surface area contributed by atoms with Crippen LogP contribution >= 0.6 is 0 Å². The quantitative estimate of drug-likeness (QED) is 0.830. The summed E-state index contributed by atoms with van der Waals surface area (Å²) in [7, 11) is 3.43. The molecule has 0 atom stereocenters. The summed E-state index contributed by atoms with van der Waals surface area (Å²) in [5, 5.41) is 2.67. The molecule has 0 aliphatic carbocycles. The minimum Gasteiger partial charge on any atom is -0.345 e. The monoisotopic (exact) mass is 258 g/mol. The Hall–Kier alpha value is -2.28. The molecule has 0 bridgehead atoms. The summed E-state index contributed by atoms with van der Waals surface area (Å²) in [5.41, 5.74) is 1.45. The molecule has 1 rings (SSSR count). The van der Waals surface area contributed by atoms with Gasteiger partial charge in [0, 0.05) is 31.6 Å². The Morgan fingerprint density at radius 2 is 1.84 bits per heavy atom. The van der Waals surface area contributed by atoms with Crippen LogP contribution in [0.1, 0.15) is 29.3 Å². The lowest BCUT2D eigenvalue weighted by atomic mass is 10.1. The molecule has 0 spiro atoms. The number of nitrogens with one attached hydrogen (secondary N) is 1. The zero-order valence-electron chi connectivity index (χ0n) is 11.5. The lowest BCUT2D eigenvalue weighted by Gasteiger charge is -2.09. The molecule has 0 heterocycles. The summed E-state index contributed by atoms with van der Waals surface area (Å²) in [6.45, 7) is 2.13. The first-order valence-electron chi connectivity index (χ1n) is 6.12. The second kappa shape index (κ2) is 7.22. The van der Waals surface area contributed by atoms with E-state index in [9.17, 15) is 9.59 Å². The van der Waals surface area contributed by atoms with Crippen LogP contribution in [0, 0.1) is 11.8 Å². The third-order valence-corrected chi connectivity index (χ3v) is 2.47. The molecule has 4 nitrogen and oxygen atoms in total. The van der Waals surface area contributed by atoms with Gasteiger partial charge in [-0.25, -0.2) is 0 Å². The molecule has 1 N–H and O–H groups in total. The van der Waals surface area contributed by atoms with Gasteiger partial charge in [-0.05, 0) is 24.3 Å². The predicted octanol–water partition coefficient (Wildman–Crippen LogP) is 1.27. The molecular formula is C15H18N2O2. The van der Waals surface area contributed by atoms with Crippen LogP contribution in [0.5, 0.6) is 0 Å². The van der Waals surface area contributed by atoms with Gasteiger partial charge in [0.25, 0.3) is 5.91 Å². The van der Waals surface area contributed by atoms with Crippen LogP contribution in [0.2, 0.25) is 0 Å². The fourth-order valence-electron chi connectivity index (χ4n) is 1.37. The number of carbonyl (C=O) groups is 2. The molecule has 4 heteroatoms. The molecule has 1 aromatic carbocycles. The average Bonchev–Trinajstić information content (AvgIpc) is 2.43. The van der Waals surface area contributed by atoms with Gasteiger partial charge in [-0.15, -0.1) is 0 Å². The van der Waals surface area contributed by atoms with Crippen LogP contribution in [0.3, 0.4) is 0 Å². The van der Waals surface area contributed by atoms with E-state index in [2.05, 4.69) is 17.2 Å². The van der Waals surface area contributed by atoms with Crippen molar-refractivity contribution >= 4 is 11.8 Å². The maximum atomic E-state index is 11.7. The van der Waals surface area contributed by atoms with Gasteiger partial charge in [0.05, 0.1) is 6.54 Å². The van der Waals surface area contributed by atoms with E-state index in [0.29, 0.717) is 18.5 Å². The van der Waals surface area contributed by atoms with Crippen molar-refractivity contribution in [2.45, 2.75) is 13.3 Å². The van der Waals surface area contributed by atoms with Gasteiger partial charge < -0.3 is 10.2 Å². The topological polar surface area (TPSA) is 49.4 Å². The highest BCUT2D eigenvalue weighted by molar-refractivity contribution is 5.93. The number of rotatable bonds is 3. The highest BCUT2D eigenvalue weighted by atomic mass is 16.2. The Bertz CT molecular complexity index is 507. The Morgan fingerprint density at radius 3 is 2.37 bits per heavy atom. The summed E-state index contributed by atoms with van der Waals surface area (Å²) in [4.78, 5) is 24.2. The molecule has 19 heavy (non-hydrogen) atoms. The minimum absolute atomic E-state index is 0.0128. The van der Waals surface area contributed by atoms with Gasteiger partial charge in [-0.1, -0.05) is 18.8 Å². The molecule has 0 saturated carbocycles. The Labute approximate surface area is 113 Å². The molecule has 0 fully saturated rings. The third kappa shape index (κ3) is 4.84. The maximum Gasteiger partial charge on any atom is 0.253 e. The van der Waals surface area contributed by atoms with Crippen LogP contribution in [-0.2, 0) is 4.79 Å².